The number of sulfone groups is 1. The van der Waals surface area contributed by atoms with Crippen LogP contribution in [0, 0.1) is 11.8 Å². The number of rotatable bonds is 1. The molecule has 1 fully saturated rings. The number of ketones is 1. The van der Waals surface area contributed by atoms with Crippen molar-refractivity contribution in [3.8, 4) is 0 Å². The van der Waals surface area contributed by atoms with Crippen LogP contribution in [0.1, 0.15) is 22.3 Å². The highest BCUT2D eigenvalue weighted by Gasteiger charge is 2.41. The van der Waals surface area contributed by atoms with Gasteiger partial charge in [0, 0.05) is 11.5 Å². The van der Waals surface area contributed by atoms with E-state index in [1.807, 2.05) is 24.3 Å². The van der Waals surface area contributed by atoms with Gasteiger partial charge in [-0.3, -0.25) is 4.79 Å². The number of fused-ring (bicyclic) bond motifs is 1. The molecule has 2 unspecified atom stereocenters. The van der Waals surface area contributed by atoms with Crippen molar-refractivity contribution in [2.24, 2.45) is 11.8 Å². The van der Waals surface area contributed by atoms with Crippen molar-refractivity contribution in [3.05, 3.63) is 35.4 Å². The molecule has 1 heterocycles. The first-order valence-corrected chi connectivity index (χ1v) is 7.71. The number of hydrogen-bond donors (Lipinski definition) is 0. The van der Waals surface area contributed by atoms with Crippen LogP contribution in [0.4, 0.5) is 0 Å². The second-order valence-corrected chi connectivity index (χ2v) is 7.22. The molecule has 0 bridgehead atoms. The molecule has 0 spiro atoms. The Morgan fingerprint density at radius 2 is 1.94 bits per heavy atom. The first-order valence-electron chi connectivity index (χ1n) is 5.89. The lowest BCUT2D eigenvalue weighted by molar-refractivity contribution is 0.0902. The highest BCUT2D eigenvalue weighted by atomic mass is 32.2. The Labute approximate surface area is 101 Å². The summed E-state index contributed by atoms with van der Waals surface area (Å²) in [4.78, 5) is 12.2. The van der Waals surface area contributed by atoms with Gasteiger partial charge in [-0.15, -0.1) is 0 Å². The molecule has 2 atom stereocenters. The smallest absolute Gasteiger partial charge is 0.166 e. The number of hydrogen-bond acceptors (Lipinski definition) is 3. The molecule has 0 amide bonds. The van der Waals surface area contributed by atoms with Crippen LogP contribution in [-0.4, -0.2) is 25.7 Å². The van der Waals surface area contributed by atoms with E-state index in [9.17, 15) is 13.2 Å². The van der Waals surface area contributed by atoms with Crippen LogP contribution >= 0.6 is 0 Å². The molecule has 1 aliphatic heterocycles. The summed E-state index contributed by atoms with van der Waals surface area (Å²) in [6.45, 7) is 0. The van der Waals surface area contributed by atoms with Crippen LogP contribution in [0.3, 0.4) is 0 Å². The number of Topliss-reactive ketones (excluding diaryl/α,β-unsaturated/α-hetero) is 1. The van der Waals surface area contributed by atoms with Gasteiger partial charge in [0.15, 0.2) is 15.6 Å². The minimum Gasteiger partial charge on any atom is -0.294 e. The van der Waals surface area contributed by atoms with E-state index in [1.165, 1.54) is 0 Å². The molecule has 3 rings (SSSR count). The summed E-state index contributed by atoms with van der Waals surface area (Å²) in [5.74, 6) is 0.502. The molecular weight excluding hydrogens is 236 g/mol. The van der Waals surface area contributed by atoms with Crippen LogP contribution in [0.2, 0.25) is 0 Å². The maximum atomic E-state index is 12.2. The number of benzene rings is 1. The van der Waals surface area contributed by atoms with Gasteiger partial charge in [-0.1, -0.05) is 24.3 Å². The Bertz CT molecular complexity index is 574. The first kappa shape index (κ1) is 11.0. The Balaban J connectivity index is 1.88. The van der Waals surface area contributed by atoms with Gasteiger partial charge in [-0.05, 0) is 24.3 Å². The van der Waals surface area contributed by atoms with Crippen molar-refractivity contribution >= 4 is 15.6 Å². The van der Waals surface area contributed by atoms with E-state index in [-0.39, 0.29) is 29.1 Å². The van der Waals surface area contributed by atoms with Crippen molar-refractivity contribution in [2.45, 2.75) is 12.8 Å². The Morgan fingerprint density at radius 3 is 2.59 bits per heavy atom. The van der Waals surface area contributed by atoms with E-state index in [4.69, 9.17) is 0 Å². The van der Waals surface area contributed by atoms with E-state index >= 15 is 0 Å². The van der Waals surface area contributed by atoms with Crippen LogP contribution in [0.15, 0.2) is 24.3 Å². The summed E-state index contributed by atoms with van der Waals surface area (Å²) in [6, 6.07) is 7.61. The highest BCUT2D eigenvalue weighted by Crippen LogP contribution is 2.36. The van der Waals surface area contributed by atoms with Gasteiger partial charge in [0.1, 0.15) is 0 Å². The van der Waals surface area contributed by atoms with Crippen LogP contribution < -0.4 is 0 Å². The molecule has 1 aliphatic carbocycles. The lowest BCUT2D eigenvalue weighted by Gasteiger charge is -2.14. The lowest BCUT2D eigenvalue weighted by Crippen LogP contribution is -2.21. The van der Waals surface area contributed by atoms with Crippen molar-refractivity contribution in [3.63, 3.8) is 0 Å². The summed E-state index contributed by atoms with van der Waals surface area (Å²) >= 11 is 0. The third-order valence-electron chi connectivity index (χ3n) is 3.90. The van der Waals surface area contributed by atoms with Gasteiger partial charge in [-0.25, -0.2) is 8.42 Å². The summed E-state index contributed by atoms with van der Waals surface area (Å²) in [6.07, 6.45) is 1.36. The SMILES string of the molecule is O=C1c2ccccc2CC1C1CCS(=O)(=O)C1. The molecule has 2 aliphatic rings. The molecule has 17 heavy (non-hydrogen) atoms. The van der Waals surface area contributed by atoms with E-state index in [2.05, 4.69) is 0 Å². The maximum absolute atomic E-state index is 12.2. The summed E-state index contributed by atoms with van der Waals surface area (Å²) in [5.41, 5.74) is 1.87. The van der Waals surface area contributed by atoms with Crippen molar-refractivity contribution in [1.82, 2.24) is 0 Å². The van der Waals surface area contributed by atoms with Crippen molar-refractivity contribution in [2.75, 3.05) is 11.5 Å². The minimum atomic E-state index is -2.90. The molecule has 1 aromatic rings. The largest absolute Gasteiger partial charge is 0.294 e. The van der Waals surface area contributed by atoms with E-state index < -0.39 is 9.84 Å². The quantitative estimate of drug-likeness (QED) is 0.758. The average Bonchev–Trinajstić information content (AvgIpc) is 2.81. The van der Waals surface area contributed by atoms with Gasteiger partial charge in [0.2, 0.25) is 0 Å². The van der Waals surface area contributed by atoms with Gasteiger partial charge in [-0.2, -0.15) is 0 Å². The molecule has 90 valence electrons. The fourth-order valence-electron chi connectivity index (χ4n) is 2.99. The monoisotopic (exact) mass is 250 g/mol. The number of carbonyl (C=O) groups excluding carboxylic acids is 1. The lowest BCUT2D eigenvalue weighted by atomic mass is 9.88. The molecule has 0 N–H and O–H groups in total. The molecule has 3 nitrogen and oxygen atoms in total. The Hall–Kier alpha value is -1.16. The minimum absolute atomic E-state index is 0.0277. The predicted molar refractivity (Wildman–Crippen MR) is 64.7 cm³/mol. The maximum Gasteiger partial charge on any atom is 0.166 e. The Morgan fingerprint density at radius 1 is 1.18 bits per heavy atom. The summed E-state index contributed by atoms with van der Waals surface area (Å²) < 4.78 is 22.9. The second-order valence-electron chi connectivity index (χ2n) is 5.00. The standard InChI is InChI=1S/C13H14O3S/c14-13-11-4-2-1-3-9(11)7-12(13)10-5-6-17(15,16)8-10/h1-4,10,12H,5-8H2. The molecule has 0 saturated carbocycles. The second kappa shape index (κ2) is 3.67. The zero-order valence-electron chi connectivity index (χ0n) is 9.43. The fourth-order valence-corrected chi connectivity index (χ4v) is 4.87. The van der Waals surface area contributed by atoms with Gasteiger partial charge in [0.25, 0.3) is 0 Å². The summed E-state index contributed by atoms with van der Waals surface area (Å²) in [5, 5.41) is 0. The van der Waals surface area contributed by atoms with Crippen molar-refractivity contribution < 1.29 is 13.2 Å². The van der Waals surface area contributed by atoms with Gasteiger partial charge >= 0.3 is 0 Å². The third-order valence-corrected chi connectivity index (χ3v) is 5.69. The highest BCUT2D eigenvalue weighted by molar-refractivity contribution is 7.91. The first-order chi connectivity index (χ1) is 8.07. The zero-order valence-corrected chi connectivity index (χ0v) is 10.2. The fraction of sp³-hybridized carbons (Fsp3) is 0.462. The van der Waals surface area contributed by atoms with Gasteiger partial charge < -0.3 is 0 Å². The van der Waals surface area contributed by atoms with Crippen LogP contribution in [-0.2, 0) is 16.3 Å². The number of carbonyl (C=O) groups is 1. The topological polar surface area (TPSA) is 51.2 Å². The zero-order chi connectivity index (χ0) is 12.0. The van der Waals surface area contributed by atoms with Gasteiger partial charge in [0.05, 0.1) is 11.5 Å². The molecule has 0 radical (unpaired) electrons. The normalized spacial score (nSPS) is 30.5. The summed E-state index contributed by atoms with van der Waals surface area (Å²) in [7, 11) is -2.90. The third kappa shape index (κ3) is 1.80. The van der Waals surface area contributed by atoms with Crippen molar-refractivity contribution in [1.29, 1.82) is 0 Å². The van der Waals surface area contributed by atoms with E-state index in [0.29, 0.717) is 6.42 Å². The Kier molecular flexibility index (Phi) is 2.36. The van der Waals surface area contributed by atoms with Crippen LogP contribution in [0.5, 0.6) is 0 Å². The molecular formula is C13H14O3S. The molecule has 1 saturated heterocycles. The van der Waals surface area contributed by atoms with E-state index in [1.54, 1.807) is 0 Å². The molecule has 4 heteroatoms. The average molecular weight is 250 g/mol. The predicted octanol–water partition coefficient (Wildman–Crippen LogP) is 1.48. The molecule has 1 aromatic carbocycles. The molecule has 0 aromatic heterocycles. The van der Waals surface area contributed by atoms with Crippen LogP contribution in [0.25, 0.3) is 0 Å². The van der Waals surface area contributed by atoms with E-state index in [0.717, 1.165) is 17.5 Å².